The van der Waals surface area contributed by atoms with Gasteiger partial charge in [0.25, 0.3) is 0 Å². The summed E-state index contributed by atoms with van der Waals surface area (Å²) in [5, 5.41) is 1.52. The predicted octanol–water partition coefficient (Wildman–Crippen LogP) is 5.07. The van der Waals surface area contributed by atoms with Crippen molar-refractivity contribution in [2.75, 3.05) is 0 Å². The minimum absolute atomic E-state index is 0.0203. The molecule has 5 heteroatoms. The molecule has 0 atom stereocenters. The molecule has 2 heterocycles. The molecule has 3 rings (SSSR count). The Kier molecular flexibility index (Phi) is 4.33. The zero-order valence-electron chi connectivity index (χ0n) is 14.1. The highest BCUT2D eigenvalue weighted by molar-refractivity contribution is 6.32. The summed E-state index contributed by atoms with van der Waals surface area (Å²) in [5.41, 5.74) is 3.58. The lowest BCUT2D eigenvalue weighted by molar-refractivity contribution is 0.0465. The molecule has 0 N–H and O–H groups in total. The maximum atomic E-state index is 12.4. The minimum Gasteiger partial charge on any atom is -0.465 e. The van der Waals surface area contributed by atoms with Crippen molar-refractivity contribution >= 4 is 28.5 Å². The van der Waals surface area contributed by atoms with E-state index < -0.39 is 5.97 Å². The number of aryl methyl sites for hydroxylation is 3. The van der Waals surface area contributed by atoms with Crippen LogP contribution in [0.5, 0.6) is 0 Å². The van der Waals surface area contributed by atoms with Crippen LogP contribution in [0, 0.1) is 27.7 Å². The lowest BCUT2D eigenvalue weighted by Crippen LogP contribution is -2.09. The van der Waals surface area contributed by atoms with E-state index in [0.29, 0.717) is 22.0 Å². The lowest BCUT2D eigenvalue weighted by atomic mass is 10.1. The van der Waals surface area contributed by atoms with Crippen molar-refractivity contribution in [3.05, 3.63) is 63.2 Å². The number of fused-ring (bicyclic) bond motifs is 1. The summed E-state index contributed by atoms with van der Waals surface area (Å²) in [6.45, 7) is 7.37. The van der Waals surface area contributed by atoms with Crippen molar-refractivity contribution in [1.82, 2.24) is 4.98 Å². The van der Waals surface area contributed by atoms with Crippen LogP contribution < -0.4 is 0 Å². The second kappa shape index (κ2) is 6.29. The largest absolute Gasteiger partial charge is 0.465 e. The highest BCUT2D eigenvalue weighted by atomic mass is 35.5. The minimum atomic E-state index is -0.425. The van der Waals surface area contributed by atoms with Crippen molar-refractivity contribution in [1.29, 1.82) is 0 Å². The molecule has 0 aliphatic carbocycles. The zero-order chi connectivity index (χ0) is 17.4. The Bertz CT molecular complexity index is 943. The standard InChI is InChI=1S/C19H18ClNO3/c1-10-12(3)24-13(4)17(10)19(22)23-9-16-18(20)11(2)14-7-5-6-8-15(14)21-16/h5-8H,9H2,1-4H3. The smallest absolute Gasteiger partial charge is 0.342 e. The molecule has 0 amide bonds. The number of carbonyl (C=O) groups is 1. The molecule has 0 bridgehead atoms. The maximum Gasteiger partial charge on any atom is 0.342 e. The van der Waals surface area contributed by atoms with Crippen molar-refractivity contribution in [2.24, 2.45) is 0 Å². The Hall–Kier alpha value is -2.33. The van der Waals surface area contributed by atoms with E-state index in [9.17, 15) is 4.79 Å². The number of hydrogen-bond donors (Lipinski definition) is 0. The maximum absolute atomic E-state index is 12.4. The summed E-state index contributed by atoms with van der Waals surface area (Å²) < 4.78 is 10.9. The van der Waals surface area contributed by atoms with Crippen LogP contribution in [0.3, 0.4) is 0 Å². The van der Waals surface area contributed by atoms with Gasteiger partial charge in [0.1, 0.15) is 23.7 Å². The van der Waals surface area contributed by atoms with E-state index in [4.69, 9.17) is 20.8 Å². The number of pyridine rings is 1. The SMILES string of the molecule is Cc1oc(C)c(C(=O)OCc2nc3ccccc3c(C)c2Cl)c1C. The Morgan fingerprint density at radius 3 is 2.50 bits per heavy atom. The summed E-state index contributed by atoms with van der Waals surface area (Å²) in [7, 11) is 0. The number of nitrogens with zero attached hydrogens (tertiary/aromatic N) is 1. The molecule has 24 heavy (non-hydrogen) atoms. The zero-order valence-corrected chi connectivity index (χ0v) is 14.8. The fraction of sp³-hybridized carbons (Fsp3) is 0.263. The first-order chi connectivity index (χ1) is 11.4. The van der Waals surface area contributed by atoms with Gasteiger partial charge in [0.05, 0.1) is 16.2 Å². The molecule has 0 aliphatic rings. The first-order valence-electron chi connectivity index (χ1n) is 7.67. The van der Waals surface area contributed by atoms with Crippen LogP contribution >= 0.6 is 11.6 Å². The van der Waals surface area contributed by atoms with E-state index in [1.54, 1.807) is 6.92 Å². The third-order valence-electron chi connectivity index (χ3n) is 4.25. The molecule has 124 valence electrons. The summed E-state index contributed by atoms with van der Waals surface area (Å²) in [6, 6.07) is 7.75. The summed E-state index contributed by atoms with van der Waals surface area (Å²) in [6.07, 6.45) is 0. The van der Waals surface area contributed by atoms with Crippen LogP contribution in [0.25, 0.3) is 10.9 Å². The number of furan rings is 1. The average molecular weight is 344 g/mol. The summed E-state index contributed by atoms with van der Waals surface area (Å²) in [4.78, 5) is 16.9. The average Bonchev–Trinajstić information content (AvgIpc) is 2.82. The topological polar surface area (TPSA) is 52.3 Å². The monoisotopic (exact) mass is 343 g/mol. The van der Waals surface area contributed by atoms with E-state index in [1.807, 2.05) is 45.0 Å². The number of rotatable bonds is 3. The number of aromatic nitrogens is 1. The van der Waals surface area contributed by atoms with E-state index in [0.717, 1.165) is 27.8 Å². The molecule has 0 spiro atoms. The van der Waals surface area contributed by atoms with Gasteiger partial charge in [-0.1, -0.05) is 29.8 Å². The van der Waals surface area contributed by atoms with Crippen molar-refractivity contribution in [2.45, 2.75) is 34.3 Å². The number of ether oxygens (including phenoxy) is 1. The van der Waals surface area contributed by atoms with E-state index >= 15 is 0 Å². The fourth-order valence-electron chi connectivity index (χ4n) is 2.81. The number of carbonyl (C=O) groups excluding carboxylic acids is 1. The number of esters is 1. The van der Waals surface area contributed by atoms with Gasteiger partial charge in [-0.25, -0.2) is 9.78 Å². The van der Waals surface area contributed by atoms with Crippen molar-refractivity contribution < 1.29 is 13.9 Å². The third kappa shape index (κ3) is 2.78. The summed E-state index contributed by atoms with van der Waals surface area (Å²) in [5.74, 6) is 0.853. The van der Waals surface area contributed by atoms with Gasteiger partial charge in [-0.2, -0.15) is 0 Å². The second-order valence-corrected chi connectivity index (χ2v) is 6.18. The van der Waals surface area contributed by atoms with E-state index in [1.165, 1.54) is 0 Å². The molecule has 1 aromatic carbocycles. The Morgan fingerprint density at radius 1 is 1.12 bits per heavy atom. The molecule has 0 radical (unpaired) electrons. The number of benzene rings is 1. The van der Waals surface area contributed by atoms with E-state index in [-0.39, 0.29) is 6.61 Å². The van der Waals surface area contributed by atoms with Gasteiger partial charge in [-0.3, -0.25) is 0 Å². The Labute approximate surface area is 145 Å². The molecule has 3 aromatic rings. The van der Waals surface area contributed by atoms with Crippen LogP contribution in [0.1, 0.15) is 38.7 Å². The normalized spacial score (nSPS) is 11.0. The molecule has 4 nitrogen and oxygen atoms in total. The van der Waals surface area contributed by atoms with Crippen molar-refractivity contribution in [3.63, 3.8) is 0 Å². The molecule has 0 fully saturated rings. The predicted molar refractivity (Wildman–Crippen MR) is 93.5 cm³/mol. The molecule has 0 saturated heterocycles. The van der Waals surface area contributed by atoms with Gasteiger partial charge in [0.15, 0.2) is 0 Å². The van der Waals surface area contributed by atoms with Gasteiger partial charge < -0.3 is 9.15 Å². The molecular formula is C19H18ClNO3. The van der Waals surface area contributed by atoms with E-state index in [2.05, 4.69) is 4.98 Å². The first kappa shape index (κ1) is 16.5. The second-order valence-electron chi connectivity index (χ2n) is 5.81. The lowest BCUT2D eigenvalue weighted by Gasteiger charge is -2.10. The van der Waals surface area contributed by atoms with Crippen molar-refractivity contribution in [3.8, 4) is 0 Å². The first-order valence-corrected chi connectivity index (χ1v) is 8.05. The number of halogens is 1. The van der Waals surface area contributed by atoms with Crippen LogP contribution in [-0.4, -0.2) is 11.0 Å². The Balaban J connectivity index is 1.88. The van der Waals surface area contributed by atoms with Gasteiger partial charge in [0.2, 0.25) is 0 Å². The molecule has 0 unspecified atom stereocenters. The highest BCUT2D eigenvalue weighted by Crippen LogP contribution is 2.28. The van der Waals surface area contributed by atoms with Crippen LogP contribution in [0.4, 0.5) is 0 Å². The van der Waals surface area contributed by atoms with Gasteiger partial charge >= 0.3 is 5.97 Å². The number of para-hydroxylation sites is 1. The van der Waals surface area contributed by atoms with Crippen LogP contribution in [0.2, 0.25) is 5.02 Å². The third-order valence-corrected chi connectivity index (χ3v) is 4.75. The molecule has 0 aliphatic heterocycles. The molecule has 2 aromatic heterocycles. The quantitative estimate of drug-likeness (QED) is 0.623. The summed E-state index contributed by atoms with van der Waals surface area (Å²) >= 11 is 6.40. The fourth-order valence-corrected chi connectivity index (χ4v) is 3.01. The van der Waals surface area contributed by atoms with Crippen LogP contribution in [0.15, 0.2) is 28.7 Å². The highest BCUT2D eigenvalue weighted by Gasteiger charge is 2.21. The van der Waals surface area contributed by atoms with Gasteiger partial charge in [-0.05, 0) is 39.3 Å². The van der Waals surface area contributed by atoms with Crippen LogP contribution in [-0.2, 0) is 11.3 Å². The number of hydrogen-bond acceptors (Lipinski definition) is 4. The Morgan fingerprint density at radius 2 is 1.83 bits per heavy atom. The molecule has 0 saturated carbocycles. The van der Waals surface area contributed by atoms with Gasteiger partial charge in [0, 0.05) is 10.9 Å². The molecular weight excluding hydrogens is 326 g/mol. The van der Waals surface area contributed by atoms with Gasteiger partial charge in [-0.15, -0.1) is 0 Å².